The Kier molecular flexibility index (Phi) is 8.13. The van der Waals surface area contributed by atoms with E-state index in [9.17, 15) is 0 Å². The van der Waals surface area contributed by atoms with E-state index in [1.165, 1.54) is 12.8 Å². The quantitative estimate of drug-likeness (QED) is 0.445. The van der Waals surface area contributed by atoms with Crippen LogP contribution in [-0.4, -0.2) is 67.7 Å². The lowest BCUT2D eigenvalue weighted by Gasteiger charge is -2.33. The van der Waals surface area contributed by atoms with Gasteiger partial charge in [-0.25, -0.2) is 0 Å². The highest BCUT2D eigenvalue weighted by Gasteiger charge is 2.19. The molecule has 0 aromatic carbocycles. The molecule has 2 N–H and O–H groups in total. The fourth-order valence-electron chi connectivity index (χ4n) is 2.72. The molecular weight excluding hydrogens is 367 g/mol. The van der Waals surface area contributed by atoms with Gasteiger partial charge >= 0.3 is 0 Å². The normalized spacial score (nSPS) is 26.4. The summed E-state index contributed by atoms with van der Waals surface area (Å²) in [5.41, 5.74) is 6.08. The molecule has 1 atom stereocenters. The van der Waals surface area contributed by atoms with E-state index in [0.29, 0.717) is 6.04 Å². The summed E-state index contributed by atoms with van der Waals surface area (Å²) >= 11 is 0. The van der Waals surface area contributed by atoms with Crippen molar-refractivity contribution in [3.05, 3.63) is 0 Å². The highest BCUT2D eigenvalue weighted by atomic mass is 127. The first-order valence-corrected chi connectivity index (χ1v) is 7.53. The Balaban J connectivity index is 0.00000200. The maximum Gasteiger partial charge on any atom is 0.191 e. The summed E-state index contributed by atoms with van der Waals surface area (Å²) in [5, 5.41) is 0. The van der Waals surface area contributed by atoms with E-state index >= 15 is 0 Å². The molecule has 2 rings (SSSR count). The van der Waals surface area contributed by atoms with Gasteiger partial charge in [0.15, 0.2) is 5.96 Å². The van der Waals surface area contributed by atoms with Crippen molar-refractivity contribution in [1.82, 2.24) is 9.80 Å². The van der Waals surface area contributed by atoms with E-state index in [-0.39, 0.29) is 24.0 Å². The fraction of sp³-hybridized carbons (Fsp3) is 0.929. The molecule has 20 heavy (non-hydrogen) atoms. The highest BCUT2D eigenvalue weighted by Crippen LogP contribution is 2.15. The molecule has 2 aliphatic heterocycles. The molecule has 0 amide bonds. The smallest absolute Gasteiger partial charge is 0.191 e. The topological polar surface area (TPSA) is 54.1 Å². The van der Waals surface area contributed by atoms with E-state index in [2.05, 4.69) is 28.6 Å². The number of nitrogens with zero attached hydrogens (tertiary/aromatic N) is 3. The van der Waals surface area contributed by atoms with Crippen molar-refractivity contribution in [2.45, 2.75) is 32.7 Å². The van der Waals surface area contributed by atoms with E-state index in [0.717, 1.165) is 57.8 Å². The summed E-state index contributed by atoms with van der Waals surface area (Å²) in [7, 11) is 0. The zero-order valence-corrected chi connectivity index (χ0v) is 15.1. The van der Waals surface area contributed by atoms with Crippen LogP contribution in [0.4, 0.5) is 0 Å². The van der Waals surface area contributed by atoms with Crippen LogP contribution in [0.25, 0.3) is 0 Å². The van der Waals surface area contributed by atoms with Crippen molar-refractivity contribution >= 4 is 29.9 Å². The van der Waals surface area contributed by atoms with Gasteiger partial charge in [0, 0.05) is 32.2 Å². The van der Waals surface area contributed by atoms with Crippen LogP contribution in [0.3, 0.4) is 0 Å². The zero-order valence-electron chi connectivity index (χ0n) is 12.8. The zero-order chi connectivity index (χ0) is 13.7. The van der Waals surface area contributed by atoms with Crippen molar-refractivity contribution in [3.63, 3.8) is 0 Å². The van der Waals surface area contributed by atoms with Crippen LogP contribution in [0.1, 0.15) is 26.7 Å². The van der Waals surface area contributed by atoms with Crippen molar-refractivity contribution in [1.29, 1.82) is 0 Å². The van der Waals surface area contributed by atoms with E-state index in [4.69, 9.17) is 10.5 Å². The number of guanidine groups is 1. The second kappa shape index (κ2) is 9.04. The van der Waals surface area contributed by atoms with Gasteiger partial charge in [-0.15, -0.1) is 24.0 Å². The van der Waals surface area contributed by atoms with Crippen molar-refractivity contribution < 1.29 is 4.74 Å². The van der Waals surface area contributed by atoms with Crippen LogP contribution < -0.4 is 5.73 Å². The van der Waals surface area contributed by atoms with Gasteiger partial charge in [-0.3, -0.25) is 9.89 Å². The van der Waals surface area contributed by atoms with Gasteiger partial charge in [0.25, 0.3) is 0 Å². The number of rotatable bonds is 3. The predicted molar refractivity (Wildman–Crippen MR) is 93.7 cm³/mol. The average Bonchev–Trinajstić information content (AvgIpc) is 2.41. The predicted octanol–water partition coefficient (Wildman–Crippen LogP) is 1.37. The lowest BCUT2D eigenvalue weighted by molar-refractivity contribution is 0.00139. The number of hydrogen-bond acceptors (Lipinski definition) is 3. The molecular formula is C14H29IN4O. The summed E-state index contributed by atoms with van der Waals surface area (Å²) in [5.74, 6) is 1.56. The molecule has 6 heteroatoms. The summed E-state index contributed by atoms with van der Waals surface area (Å²) in [6, 6.07) is 0.501. The van der Waals surface area contributed by atoms with Crippen LogP contribution in [0.2, 0.25) is 0 Å². The van der Waals surface area contributed by atoms with E-state index < -0.39 is 0 Å². The summed E-state index contributed by atoms with van der Waals surface area (Å²) in [6.45, 7) is 11.1. The molecule has 0 spiro atoms. The van der Waals surface area contributed by atoms with Crippen molar-refractivity contribution in [3.8, 4) is 0 Å². The molecule has 0 aliphatic carbocycles. The molecule has 2 heterocycles. The van der Waals surface area contributed by atoms with Crippen molar-refractivity contribution in [2.24, 2.45) is 16.6 Å². The third-order valence-corrected chi connectivity index (χ3v) is 4.27. The molecule has 2 saturated heterocycles. The highest BCUT2D eigenvalue weighted by molar-refractivity contribution is 14.0. The molecule has 0 aromatic heterocycles. The molecule has 0 aromatic rings. The third-order valence-electron chi connectivity index (χ3n) is 4.27. The maximum absolute atomic E-state index is 6.08. The Morgan fingerprint density at radius 3 is 2.60 bits per heavy atom. The first-order chi connectivity index (χ1) is 9.16. The van der Waals surface area contributed by atoms with Crippen LogP contribution in [-0.2, 0) is 4.74 Å². The first kappa shape index (κ1) is 18.0. The third kappa shape index (κ3) is 5.37. The maximum atomic E-state index is 6.08. The SMILES string of the molecule is CC1CCN(C(N)=NCCN2CCOCC2C)CC1.I. The molecule has 0 bridgehead atoms. The van der Waals surface area contributed by atoms with Gasteiger partial charge in [-0.2, -0.15) is 0 Å². The lowest BCUT2D eigenvalue weighted by Crippen LogP contribution is -2.45. The van der Waals surface area contributed by atoms with Crippen LogP contribution >= 0.6 is 24.0 Å². The molecule has 1 unspecified atom stereocenters. The molecule has 0 saturated carbocycles. The van der Waals surface area contributed by atoms with E-state index in [1.54, 1.807) is 0 Å². The lowest BCUT2D eigenvalue weighted by atomic mass is 10.00. The largest absolute Gasteiger partial charge is 0.379 e. The molecule has 2 aliphatic rings. The monoisotopic (exact) mass is 396 g/mol. The number of likely N-dealkylation sites (tertiary alicyclic amines) is 1. The fourth-order valence-corrected chi connectivity index (χ4v) is 2.72. The Labute approximate surface area is 139 Å². The minimum Gasteiger partial charge on any atom is -0.379 e. The second-order valence-electron chi connectivity index (χ2n) is 5.87. The number of halogens is 1. The minimum absolute atomic E-state index is 0. The van der Waals surface area contributed by atoms with Gasteiger partial charge in [-0.05, 0) is 25.7 Å². The second-order valence-corrected chi connectivity index (χ2v) is 5.87. The number of morpholine rings is 1. The number of piperidine rings is 1. The van der Waals surface area contributed by atoms with Gasteiger partial charge in [0.05, 0.1) is 19.8 Å². The standard InChI is InChI=1S/C14H28N4O.HI/c1-12-3-6-18(7-4-12)14(15)16-5-8-17-9-10-19-11-13(17)2;/h12-13H,3-11H2,1-2H3,(H2,15,16);1H. The molecule has 5 nitrogen and oxygen atoms in total. The number of aliphatic imine (C=N–C) groups is 1. The summed E-state index contributed by atoms with van der Waals surface area (Å²) in [4.78, 5) is 9.19. The van der Waals surface area contributed by atoms with Crippen LogP contribution in [0.5, 0.6) is 0 Å². The summed E-state index contributed by atoms with van der Waals surface area (Å²) in [6.07, 6.45) is 2.47. The van der Waals surface area contributed by atoms with Gasteiger partial charge in [0.2, 0.25) is 0 Å². The average molecular weight is 396 g/mol. The van der Waals surface area contributed by atoms with E-state index in [1.807, 2.05) is 0 Å². The molecule has 2 fully saturated rings. The summed E-state index contributed by atoms with van der Waals surface area (Å²) < 4.78 is 5.43. The minimum atomic E-state index is 0. The van der Waals surface area contributed by atoms with Gasteiger partial charge in [-0.1, -0.05) is 6.92 Å². The van der Waals surface area contributed by atoms with Crippen LogP contribution in [0.15, 0.2) is 4.99 Å². The number of hydrogen-bond donors (Lipinski definition) is 1. The number of ether oxygens (including phenoxy) is 1. The Morgan fingerprint density at radius 2 is 1.95 bits per heavy atom. The van der Waals surface area contributed by atoms with Gasteiger partial charge in [0.1, 0.15) is 0 Å². The molecule has 118 valence electrons. The van der Waals surface area contributed by atoms with Crippen LogP contribution in [0, 0.1) is 5.92 Å². The number of nitrogens with two attached hydrogens (primary N) is 1. The first-order valence-electron chi connectivity index (χ1n) is 7.53. The van der Waals surface area contributed by atoms with Crippen molar-refractivity contribution in [2.75, 3.05) is 45.9 Å². The Bertz CT molecular complexity index is 306. The Morgan fingerprint density at radius 1 is 1.25 bits per heavy atom. The van der Waals surface area contributed by atoms with Gasteiger partial charge < -0.3 is 15.4 Å². The Hall–Kier alpha value is -0.0800. The molecule has 0 radical (unpaired) electrons.